The molecule has 5 aliphatic carbocycles. The second kappa shape index (κ2) is 12.2. The highest BCUT2D eigenvalue weighted by Crippen LogP contribution is 2.70. The van der Waals surface area contributed by atoms with Crippen molar-refractivity contribution in [2.45, 2.75) is 37.5 Å². The second-order valence-electron chi connectivity index (χ2n) is 16.0. The monoisotopic (exact) mass is 694 g/mol. The first kappa shape index (κ1) is 31.4. The third-order valence-corrected chi connectivity index (χ3v) is 13.2. The summed E-state index contributed by atoms with van der Waals surface area (Å²) >= 11 is 0. The van der Waals surface area contributed by atoms with E-state index in [9.17, 15) is 5.26 Å². The molecular weight excluding hydrogens is 657 g/mol. The van der Waals surface area contributed by atoms with Gasteiger partial charge >= 0.3 is 0 Å². The average Bonchev–Trinajstić information content (AvgIpc) is 3.53. The molecule has 4 nitrogen and oxygen atoms in total. The van der Waals surface area contributed by atoms with Crippen molar-refractivity contribution < 1.29 is 0 Å². The first-order chi connectivity index (χ1) is 26.7. The van der Waals surface area contributed by atoms with Gasteiger partial charge in [-0.1, -0.05) is 127 Å². The lowest BCUT2D eigenvalue weighted by Gasteiger charge is -2.61. The van der Waals surface area contributed by atoms with Gasteiger partial charge in [0.15, 0.2) is 17.5 Å². The normalized spacial score (nSPS) is 22.9. The van der Waals surface area contributed by atoms with Crippen molar-refractivity contribution >= 4 is 0 Å². The zero-order chi connectivity index (χ0) is 35.8. The molecule has 1 aromatic heterocycles. The number of rotatable bonds is 5. The summed E-state index contributed by atoms with van der Waals surface area (Å²) in [6.45, 7) is 0. The van der Waals surface area contributed by atoms with Crippen LogP contribution in [0.15, 0.2) is 146 Å². The van der Waals surface area contributed by atoms with Crippen molar-refractivity contribution in [1.29, 1.82) is 5.26 Å². The average molecular weight is 695 g/mol. The molecule has 0 amide bonds. The Morgan fingerprint density at radius 1 is 0.444 bits per heavy atom. The molecule has 0 aliphatic heterocycles. The molecule has 54 heavy (non-hydrogen) atoms. The number of hydrogen-bond donors (Lipinski definition) is 0. The molecule has 1 heterocycles. The molecular formula is C50H38N4. The quantitative estimate of drug-likeness (QED) is 0.180. The summed E-state index contributed by atoms with van der Waals surface area (Å²) in [5, 5.41) is 9.45. The maximum atomic E-state index is 9.45. The fraction of sp³-hybridized carbons (Fsp3) is 0.200. The van der Waals surface area contributed by atoms with Crippen LogP contribution in [0.4, 0.5) is 0 Å². The van der Waals surface area contributed by atoms with Crippen LogP contribution < -0.4 is 0 Å². The summed E-state index contributed by atoms with van der Waals surface area (Å²) in [6.07, 6.45) is 6.80. The van der Waals surface area contributed by atoms with E-state index < -0.39 is 0 Å². The molecule has 7 aromatic rings. The summed E-state index contributed by atoms with van der Waals surface area (Å²) in [7, 11) is 0. The summed E-state index contributed by atoms with van der Waals surface area (Å²) in [5.74, 6) is 5.10. The lowest BCUT2D eigenvalue weighted by molar-refractivity contribution is -0.0399. The van der Waals surface area contributed by atoms with Crippen LogP contribution in [0.5, 0.6) is 0 Å². The van der Waals surface area contributed by atoms with Gasteiger partial charge in [0.1, 0.15) is 0 Å². The zero-order valence-corrected chi connectivity index (χ0v) is 30.0. The van der Waals surface area contributed by atoms with Gasteiger partial charge in [-0.3, -0.25) is 0 Å². The van der Waals surface area contributed by atoms with E-state index in [-0.39, 0.29) is 5.41 Å². The van der Waals surface area contributed by atoms with Crippen LogP contribution in [0, 0.1) is 35.0 Å². The van der Waals surface area contributed by atoms with Crippen molar-refractivity contribution in [3.63, 3.8) is 0 Å². The van der Waals surface area contributed by atoms with E-state index in [4.69, 9.17) is 15.0 Å². The maximum Gasteiger partial charge on any atom is 0.164 e. The van der Waals surface area contributed by atoms with Crippen LogP contribution >= 0.6 is 0 Å². The van der Waals surface area contributed by atoms with Crippen molar-refractivity contribution in [3.05, 3.63) is 162 Å². The molecule has 0 saturated heterocycles. The predicted octanol–water partition coefficient (Wildman–Crippen LogP) is 11.8. The van der Waals surface area contributed by atoms with Crippen LogP contribution in [0.3, 0.4) is 0 Å². The molecule has 4 saturated carbocycles. The van der Waals surface area contributed by atoms with E-state index in [0.29, 0.717) is 34.9 Å². The van der Waals surface area contributed by atoms with Gasteiger partial charge in [0, 0.05) is 22.1 Å². The first-order valence-electron chi connectivity index (χ1n) is 19.4. The van der Waals surface area contributed by atoms with Gasteiger partial charge in [-0.2, -0.15) is 5.26 Å². The van der Waals surface area contributed by atoms with Crippen molar-refractivity contribution in [2.75, 3.05) is 0 Å². The number of fused-ring (bicyclic) bond motifs is 3. The number of aromatic nitrogens is 3. The van der Waals surface area contributed by atoms with Gasteiger partial charge in [-0.05, 0) is 118 Å². The molecule has 0 atom stereocenters. The highest BCUT2D eigenvalue weighted by molar-refractivity contribution is 5.94. The van der Waals surface area contributed by atoms with Crippen LogP contribution in [0.2, 0.25) is 0 Å². The second-order valence-corrected chi connectivity index (χ2v) is 16.0. The Morgan fingerprint density at radius 3 is 1.54 bits per heavy atom. The zero-order valence-electron chi connectivity index (χ0n) is 30.0. The summed E-state index contributed by atoms with van der Waals surface area (Å²) in [6, 6.07) is 53.9. The molecule has 1 spiro atoms. The van der Waals surface area contributed by atoms with E-state index in [0.717, 1.165) is 28.5 Å². The lowest BCUT2D eigenvalue weighted by Crippen LogP contribution is -2.55. The minimum atomic E-state index is 0.0448. The van der Waals surface area contributed by atoms with E-state index >= 15 is 0 Å². The van der Waals surface area contributed by atoms with Gasteiger partial charge in [0.05, 0.1) is 11.6 Å². The lowest BCUT2D eigenvalue weighted by atomic mass is 9.43. The van der Waals surface area contributed by atoms with Gasteiger partial charge in [0.25, 0.3) is 0 Å². The minimum absolute atomic E-state index is 0.0448. The summed E-state index contributed by atoms with van der Waals surface area (Å²) < 4.78 is 0. The molecule has 5 aliphatic rings. The molecule has 258 valence electrons. The topological polar surface area (TPSA) is 62.5 Å². The molecule has 4 heteroatoms. The summed E-state index contributed by atoms with van der Waals surface area (Å²) in [5.41, 5.74) is 14.4. The number of benzene rings is 6. The Bertz CT molecular complexity index is 2520. The molecule has 4 fully saturated rings. The smallest absolute Gasteiger partial charge is 0.164 e. The number of nitriles is 1. The van der Waals surface area contributed by atoms with E-state index in [1.165, 1.54) is 71.0 Å². The fourth-order valence-electron chi connectivity index (χ4n) is 11.1. The van der Waals surface area contributed by atoms with E-state index in [2.05, 4.69) is 103 Å². The van der Waals surface area contributed by atoms with Crippen LogP contribution in [-0.4, -0.2) is 15.0 Å². The highest BCUT2D eigenvalue weighted by atomic mass is 15.0. The Hall–Kier alpha value is -6.18. The Kier molecular flexibility index (Phi) is 7.07. The van der Waals surface area contributed by atoms with E-state index in [1.807, 2.05) is 48.5 Å². The van der Waals surface area contributed by atoms with Crippen LogP contribution in [0.25, 0.3) is 67.5 Å². The molecule has 0 unspecified atom stereocenters. The van der Waals surface area contributed by atoms with Gasteiger partial charge in [-0.15, -0.1) is 0 Å². The van der Waals surface area contributed by atoms with Gasteiger partial charge in [0.2, 0.25) is 0 Å². The number of hydrogen-bond acceptors (Lipinski definition) is 4. The largest absolute Gasteiger partial charge is 0.208 e. The minimum Gasteiger partial charge on any atom is -0.208 e. The third kappa shape index (κ3) is 4.78. The van der Waals surface area contributed by atoms with Crippen molar-refractivity contribution in [1.82, 2.24) is 15.0 Å². The van der Waals surface area contributed by atoms with Crippen molar-refractivity contribution in [3.8, 4) is 73.6 Å². The third-order valence-electron chi connectivity index (χ3n) is 13.2. The predicted molar refractivity (Wildman–Crippen MR) is 215 cm³/mol. The number of nitrogens with zero attached hydrogens (tertiary/aromatic N) is 4. The SMILES string of the molecule is N#Cc1ccc(-c2ccc3c(c2)C2(c4cccc(-c5ccc(-c6nc(-c7ccccc7)nc(-c7ccccc7)n6)cc5)c4-3)C3CC4CC(C3)CC2C4)cc1. The Balaban J connectivity index is 1.04. The first-order valence-corrected chi connectivity index (χ1v) is 19.4. The summed E-state index contributed by atoms with van der Waals surface area (Å²) in [4.78, 5) is 14.9. The Morgan fingerprint density at radius 2 is 0.963 bits per heavy atom. The van der Waals surface area contributed by atoms with Gasteiger partial charge in [-0.25, -0.2) is 15.0 Å². The molecule has 0 radical (unpaired) electrons. The van der Waals surface area contributed by atoms with Gasteiger partial charge < -0.3 is 0 Å². The molecule has 0 N–H and O–H groups in total. The highest BCUT2D eigenvalue weighted by Gasteiger charge is 2.61. The van der Waals surface area contributed by atoms with Crippen LogP contribution in [0.1, 0.15) is 48.8 Å². The standard InChI is InChI=1S/C50H38N4/c51-30-31-14-16-34(17-15-31)39-22-23-43-45(29-39)50(40-25-32-24-33(27-40)28-41(50)26-32)44-13-7-12-42(46(43)44)35-18-20-38(21-19-35)49-53-47(36-8-3-1-4-9-36)52-48(54-49)37-10-5-2-6-11-37/h1-23,29,32-33,40-41H,24-28H2. The van der Waals surface area contributed by atoms with Crippen molar-refractivity contribution in [2.24, 2.45) is 23.7 Å². The molecule has 6 aromatic carbocycles. The molecule has 12 rings (SSSR count). The Labute approximate surface area is 316 Å². The molecule has 4 bridgehead atoms. The fourth-order valence-corrected chi connectivity index (χ4v) is 11.1. The van der Waals surface area contributed by atoms with Crippen LogP contribution in [-0.2, 0) is 5.41 Å². The van der Waals surface area contributed by atoms with E-state index in [1.54, 1.807) is 5.56 Å². The maximum absolute atomic E-state index is 9.45.